The van der Waals surface area contributed by atoms with Crippen LogP contribution in [-0.4, -0.2) is 15.9 Å². The highest BCUT2D eigenvalue weighted by Gasteiger charge is 2.12. The summed E-state index contributed by atoms with van der Waals surface area (Å²) in [4.78, 5) is 22.5. The number of carbonyl (C=O) groups is 1. The number of hydrogen-bond donors (Lipinski definition) is 2. The molecule has 29 heavy (non-hydrogen) atoms. The molecule has 0 spiro atoms. The summed E-state index contributed by atoms with van der Waals surface area (Å²) >= 11 is 5.13. The maximum atomic E-state index is 12.2. The van der Waals surface area contributed by atoms with E-state index < -0.39 is 10.8 Å². The monoisotopic (exact) mass is 405 g/mol. The number of nitrogens with one attached hydrogen (secondary N) is 2. The van der Waals surface area contributed by atoms with Crippen molar-refractivity contribution in [3.8, 4) is 0 Å². The van der Waals surface area contributed by atoms with Crippen molar-refractivity contribution in [1.82, 2.24) is 5.32 Å². The minimum absolute atomic E-state index is 0.0696. The Morgan fingerprint density at radius 2 is 1.55 bits per heavy atom. The van der Waals surface area contributed by atoms with Crippen LogP contribution in [0, 0.1) is 10.1 Å². The van der Waals surface area contributed by atoms with E-state index in [4.69, 9.17) is 12.2 Å². The van der Waals surface area contributed by atoms with E-state index in [9.17, 15) is 14.9 Å². The fraction of sp³-hybridized carbons (Fsp3) is 0. The van der Waals surface area contributed by atoms with Gasteiger partial charge in [0.05, 0.1) is 16.3 Å². The van der Waals surface area contributed by atoms with Crippen molar-refractivity contribution in [1.29, 1.82) is 0 Å². The molecule has 0 heterocycles. The predicted molar refractivity (Wildman–Crippen MR) is 114 cm³/mol. The van der Waals surface area contributed by atoms with Crippen molar-refractivity contribution in [2.75, 3.05) is 5.32 Å². The molecule has 3 aromatic carbocycles. The lowest BCUT2D eigenvalue weighted by molar-refractivity contribution is -0.384. The molecule has 9 heteroatoms. The molecule has 2 N–H and O–H groups in total. The summed E-state index contributed by atoms with van der Waals surface area (Å²) in [5.74, 6) is -0.542. The van der Waals surface area contributed by atoms with Crippen LogP contribution in [0.5, 0.6) is 0 Å². The molecule has 0 fully saturated rings. The van der Waals surface area contributed by atoms with Crippen LogP contribution in [0.25, 0.3) is 0 Å². The zero-order valence-corrected chi connectivity index (χ0v) is 15.8. The first-order chi connectivity index (χ1) is 14.0. The zero-order chi connectivity index (χ0) is 20.6. The number of amides is 1. The molecular weight excluding hydrogens is 390 g/mol. The first-order valence-corrected chi connectivity index (χ1v) is 8.86. The summed E-state index contributed by atoms with van der Waals surface area (Å²) in [6, 6.07) is 21.7. The van der Waals surface area contributed by atoms with Gasteiger partial charge in [0.15, 0.2) is 5.11 Å². The average Bonchev–Trinajstić information content (AvgIpc) is 2.74. The molecule has 8 nitrogen and oxygen atoms in total. The van der Waals surface area contributed by atoms with Crippen LogP contribution >= 0.6 is 12.2 Å². The van der Waals surface area contributed by atoms with Crippen molar-refractivity contribution < 1.29 is 9.72 Å². The van der Waals surface area contributed by atoms with E-state index in [2.05, 4.69) is 20.9 Å². The second-order valence-electron chi connectivity index (χ2n) is 5.80. The molecule has 0 aliphatic heterocycles. The zero-order valence-electron chi connectivity index (χ0n) is 15.0. The summed E-state index contributed by atoms with van der Waals surface area (Å²) < 4.78 is 0. The number of nitro groups is 1. The van der Waals surface area contributed by atoms with Gasteiger partial charge in [0.1, 0.15) is 0 Å². The van der Waals surface area contributed by atoms with Crippen LogP contribution in [0.3, 0.4) is 0 Å². The summed E-state index contributed by atoms with van der Waals surface area (Å²) in [5.41, 5.74) is 2.02. The highest BCUT2D eigenvalue weighted by atomic mass is 32.1. The lowest BCUT2D eigenvalue weighted by atomic mass is 10.2. The predicted octanol–water partition coefficient (Wildman–Crippen LogP) is 5.14. The first-order valence-electron chi connectivity index (χ1n) is 8.45. The summed E-state index contributed by atoms with van der Waals surface area (Å²) in [6.07, 6.45) is 0. The Kier molecular flexibility index (Phi) is 6.33. The molecule has 0 unspecified atom stereocenters. The highest BCUT2D eigenvalue weighted by molar-refractivity contribution is 7.80. The molecule has 3 aromatic rings. The number of benzene rings is 3. The second-order valence-corrected chi connectivity index (χ2v) is 6.21. The number of nitro benzene ring substituents is 1. The first kappa shape index (κ1) is 19.8. The molecule has 0 atom stereocenters. The van der Waals surface area contributed by atoms with Crippen molar-refractivity contribution in [3.05, 3.63) is 94.5 Å². The van der Waals surface area contributed by atoms with Gasteiger partial charge < -0.3 is 5.32 Å². The number of rotatable bonds is 5. The molecule has 0 aliphatic carbocycles. The minimum Gasteiger partial charge on any atom is -0.332 e. The van der Waals surface area contributed by atoms with E-state index in [1.165, 1.54) is 24.3 Å². The molecule has 1 amide bonds. The summed E-state index contributed by atoms with van der Waals surface area (Å²) in [7, 11) is 0. The largest absolute Gasteiger partial charge is 0.332 e. The fourth-order valence-corrected chi connectivity index (χ4v) is 2.53. The number of thiocarbonyl (C=S) groups is 1. The Bertz CT molecular complexity index is 1070. The van der Waals surface area contributed by atoms with Crippen LogP contribution in [0.1, 0.15) is 10.4 Å². The average molecular weight is 405 g/mol. The number of non-ortho nitro benzene ring substituents is 1. The number of anilines is 1. The molecule has 0 aromatic heterocycles. The smallest absolute Gasteiger partial charge is 0.270 e. The molecule has 0 aliphatic rings. The number of carbonyl (C=O) groups excluding carboxylic acids is 1. The Hall–Kier alpha value is -3.98. The van der Waals surface area contributed by atoms with Crippen molar-refractivity contribution in [2.45, 2.75) is 0 Å². The third kappa shape index (κ3) is 5.75. The van der Waals surface area contributed by atoms with Crippen LogP contribution in [0.15, 0.2) is 89.1 Å². The minimum atomic E-state index is -0.565. The van der Waals surface area contributed by atoms with Gasteiger partial charge in [-0.25, -0.2) is 0 Å². The fourth-order valence-electron chi connectivity index (χ4n) is 2.32. The van der Waals surface area contributed by atoms with Crippen LogP contribution < -0.4 is 10.6 Å². The summed E-state index contributed by atoms with van der Waals surface area (Å²) in [5, 5.41) is 24.5. The Morgan fingerprint density at radius 3 is 2.21 bits per heavy atom. The Labute approximate surface area is 171 Å². The lowest BCUT2D eigenvalue weighted by Gasteiger charge is -2.09. The molecular formula is C20H15N5O3S. The normalized spacial score (nSPS) is 10.5. The van der Waals surface area contributed by atoms with E-state index in [0.29, 0.717) is 11.4 Å². The van der Waals surface area contributed by atoms with Crippen molar-refractivity contribution in [2.24, 2.45) is 10.2 Å². The van der Waals surface area contributed by atoms with Crippen molar-refractivity contribution >= 4 is 46.0 Å². The molecule has 144 valence electrons. The molecule has 0 saturated heterocycles. The number of nitrogens with zero attached hydrogens (tertiary/aromatic N) is 3. The topological polar surface area (TPSA) is 109 Å². The van der Waals surface area contributed by atoms with Gasteiger partial charge in [0, 0.05) is 23.4 Å². The third-order valence-corrected chi connectivity index (χ3v) is 3.91. The molecule has 0 bridgehead atoms. The molecule has 0 saturated carbocycles. The maximum Gasteiger partial charge on any atom is 0.270 e. The second kappa shape index (κ2) is 9.29. The third-order valence-electron chi connectivity index (χ3n) is 3.71. The lowest BCUT2D eigenvalue weighted by Crippen LogP contribution is -2.34. The Morgan fingerprint density at radius 1 is 0.897 bits per heavy atom. The number of hydrogen-bond acceptors (Lipinski definition) is 6. The molecule has 0 radical (unpaired) electrons. The van der Waals surface area contributed by atoms with Crippen LogP contribution in [-0.2, 0) is 0 Å². The number of azo groups is 1. The highest BCUT2D eigenvalue weighted by Crippen LogP contribution is 2.20. The SMILES string of the molecule is O=C(NC(=S)Nc1ccc(N=Nc2ccccc2)cc1)c1cccc([N+](=O)[O-])c1. The van der Waals surface area contributed by atoms with Gasteiger partial charge in [-0.15, -0.1) is 0 Å². The van der Waals surface area contributed by atoms with E-state index >= 15 is 0 Å². The van der Waals surface area contributed by atoms with E-state index in [-0.39, 0.29) is 16.4 Å². The van der Waals surface area contributed by atoms with E-state index in [1.54, 1.807) is 24.3 Å². The molecule has 3 rings (SSSR count). The van der Waals surface area contributed by atoms with Crippen molar-refractivity contribution in [3.63, 3.8) is 0 Å². The van der Waals surface area contributed by atoms with Gasteiger partial charge >= 0.3 is 0 Å². The van der Waals surface area contributed by atoms with Gasteiger partial charge in [-0.1, -0.05) is 24.3 Å². The maximum absolute atomic E-state index is 12.2. The van der Waals surface area contributed by atoms with Gasteiger partial charge in [0.2, 0.25) is 0 Å². The van der Waals surface area contributed by atoms with Crippen LogP contribution in [0.4, 0.5) is 22.7 Å². The van der Waals surface area contributed by atoms with E-state index in [0.717, 1.165) is 5.69 Å². The van der Waals surface area contributed by atoms with Gasteiger partial charge in [-0.2, -0.15) is 10.2 Å². The standard InChI is InChI=1S/C20H15N5O3S/c26-19(14-5-4-8-18(13-14)25(27)28)22-20(29)21-15-9-11-17(12-10-15)24-23-16-6-2-1-3-7-16/h1-13H,(H2,21,22,26,29). The van der Waals surface area contributed by atoms with Gasteiger partial charge in [-0.05, 0) is 54.7 Å². The van der Waals surface area contributed by atoms with Gasteiger partial charge in [-0.3, -0.25) is 20.2 Å². The Balaban J connectivity index is 1.58. The van der Waals surface area contributed by atoms with E-state index in [1.807, 2.05) is 30.3 Å². The summed E-state index contributed by atoms with van der Waals surface area (Å²) in [6.45, 7) is 0. The van der Waals surface area contributed by atoms with Crippen LogP contribution in [0.2, 0.25) is 0 Å². The van der Waals surface area contributed by atoms with Gasteiger partial charge in [0.25, 0.3) is 11.6 Å². The quantitative estimate of drug-likeness (QED) is 0.264.